The van der Waals surface area contributed by atoms with Crippen molar-refractivity contribution in [2.45, 2.75) is 12.0 Å². The molecule has 1 aliphatic rings. The summed E-state index contributed by atoms with van der Waals surface area (Å²) in [5.41, 5.74) is 0.757. The number of amides is 1. The molecular formula is C20H18F2N4O. The topological polar surface area (TPSA) is 59.0 Å². The third-order valence-corrected chi connectivity index (χ3v) is 4.81. The lowest BCUT2D eigenvalue weighted by molar-refractivity contribution is 0.0898. The molecule has 138 valence electrons. The summed E-state index contributed by atoms with van der Waals surface area (Å²) in [4.78, 5) is 12.8. The average molecular weight is 368 g/mol. The summed E-state index contributed by atoms with van der Waals surface area (Å²) in [5, 5.41) is 10.5. The molecule has 2 N–H and O–H groups in total. The van der Waals surface area contributed by atoms with Gasteiger partial charge in [0.2, 0.25) is 0 Å². The van der Waals surface area contributed by atoms with Gasteiger partial charge in [0.25, 0.3) is 5.91 Å². The first-order chi connectivity index (χ1) is 13.1. The van der Waals surface area contributed by atoms with Crippen molar-refractivity contribution in [3.05, 3.63) is 83.7 Å². The van der Waals surface area contributed by atoms with Crippen LogP contribution in [-0.4, -0.2) is 28.8 Å². The predicted molar refractivity (Wildman–Crippen MR) is 96.6 cm³/mol. The molecule has 0 radical (unpaired) electrons. The first kappa shape index (κ1) is 17.4. The van der Waals surface area contributed by atoms with Gasteiger partial charge in [-0.3, -0.25) is 4.79 Å². The molecule has 1 saturated heterocycles. The molecule has 1 aliphatic heterocycles. The van der Waals surface area contributed by atoms with Gasteiger partial charge in [0.1, 0.15) is 11.5 Å². The van der Waals surface area contributed by atoms with Crippen LogP contribution in [0.25, 0.3) is 5.69 Å². The molecule has 1 amide bonds. The Hall–Kier alpha value is -3.06. The molecule has 0 saturated carbocycles. The molecule has 1 atom stereocenters. The maximum Gasteiger partial charge on any atom is 0.272 e. The van der Waals surface area contributed by atoms with Crippen molar-refractivity contribution < 1.29 is 13.6 Å². The van der Waals surface area contributed by atoms with Crippen LogP contribution in [0.15, 0.2) is 60.8 Å². The van der Waals surface area contributed by atoms with Crippen LogP contribution < -0.4 is 10.6 Å². The zero-order chi connectivity index (χ0) is 18.9. The van der Waals surface area contributed by atoms with Gasteiger partial charge in [-0.15, -0.1) is 0 Å². The Morgan fingerprint density at radius 3 is 2.67 bits per heavy atom. The smallest absolute Gasteiger partial charge is 0.272 e. The number of hydrogen-bond donors (Lipinski definition) is 2. The van der Waals surface area contributed by atoms with E-state index in [-0.39, 0.29) is 17.3 Å². The normalized spacial score (nSPS) is 19.2. The van der Waals surface area contributed by atoms with Gasteiger partial charge in [-0.1, -0.05) is 30.3 Å². The maximum atomic E-state index is 13.9. The summed E-state index contributed by atoms with van der Waals surface area (Å²) >= 11 is 0. The lowest BCUT2D eigenvalue weighted by Crippen LogP contribution is -2.47. The van der Waals surface area contributed by atoms with E-state index in [9.17, 15) is 13.6 Å². The van der Waals surface area contributed by atoms with Crippen LogP contribution in [0.3, 0.4) is 0 Å². The minimum atomic E-state index is -0.745. The number of nitrogens with zero attached hydrogens (tertiary/aromatic N) is 2. The highest BCUT2D eigenvalue weighted by Crippen LogP contribution is 2.28. The van der Waals surface area contributed by atoms with Crippen LogP contribution in [0.2, 0.25) is 0 Å². The van der Waals surface area contributed by atoms with E-state index in [1.807, 2.05) is 30.3 Å². The molecule has 3 aromatic rings. The van der Waals surface area contributed by atoms with Crippen molar-refractivity contribution in [2.75, 3.05) is 13.1 Å². The van der Waals surface area contributed by atoms with Gasteiger partial charge >= 0.3 is 0 Å². The van der Waals surface area contributed by atoms with E-state index in [0.717, 1.165) is 30.7 Å². The minimum Gasteiger partial charge on any atom is -0.340 e. The Morgan fingerprint density at radius 1 is 1.15 bits per heavy atom. The molecule has 5 nitrogen and oxygen atoms in total. The van der Waals surface area contributed by atoms with Crippen molar-refractivity contribution in [3.63, 3.8) is 0 Å². The summed E-state index contributed by atoms with van der Waals surface area (Å²) in [7, 11) is 0. The Bertz CT molecular complexity index is 965. The fraction of sp³-hybridized carbons (Fsp3) is 0.200. The van der Waals surface area contributed by atoms with Crippen LogP contribution in [0.4, 0.5) is 8.78 Å². The minimum absolute atomic E-state index is 0.0794. The van der Waals surface area contributed by atoms with E-state index < -0.39 is 17.2 Å². The van der Waals surface area contributed by atoms with Gasteiger partial charge in [0.05, 0.1) is 5.54 Å². The van der Waals surface area contributed by atoms with E-state index in [4.69, 9.17) is 0 Å². The predicted octanol–water partition coefficient (Wildman–Crippen LogP) is 2.77. The zero-order valence-corrected chi connectivity index (χ0v) is 14.5. The number of benzene rings is 2. The molecule has 2 heterocycles. The Balaban J connectivity index is 1.59. The number of carbonyl (C=O) groups excluding carboxylic acids is 1. The maximum absolute atomic E-state index is 13.9. The third kappa shape index (κ3) is 3.33. The second-order valence-corrected chi connectivity index (χ2v) is 6.57. The number of carbonyl (C=O) groups is 1. The second kappa shape index (κ2) is 6.92. The fourth-order valence-corrected chi connectivity index (χ4v) is 3.40. The van der Waals surface area contributed by atoms with Crippen LogP contribution >= 0.6 is 0 Å². The van der Waals surface area contributed by atoms with Crippen molar-refractivity contribution in [2.24, 2.45) is 0 Å². The Morgan fingerprint density at radius 2 is 1.96 bits per heavy atom. The SMILES string of the molecule is O=C(NC1(c2ccccc2)CCNC1)c1ccn(-c2ccc(F)cc2F)n1. The number of rotatable bonds is 4. The Kier molecular flexibility index (Phi) is 4.45. The monoisotopic (exact) mass is 368 g/mol. The molecule has 7 heteroatoms. The Labute approximate surface area is 155 Å². The van der Waals surface area contributed by atoms with Crippen molar-refractivity contribution in [1.29, 1.82) is 0 Å². The summed E-state index contributed by atoms with van der Waals surface area (Å²) in [6, 6.07) is 14.5. The molecule has 0 spiro atoms. The molecule has 1 unspecified atom stereocenters. The van der Waals surface area contributed by atoms with Gasteiger partial charge in [-0.05, 0) is 36.7 Å². The molecule has 4 rings (SSSR count). The highest BCUT2D eigenvalue weighted by atomic mass is 19.1. The summed E-state index contributed by atoms with van der Waals surface area (Å²) in [5.74, 6) is -1.76. The van der Waals surface area contributed by atoms with E-state index in [1.54, 1.807) is 0 Å². The van der Waals surface area contributed by atoms with E-state index in [2.05, 4.69) is 15.7 Å². The van der Waals surface area contributed by atoms with Crippen LogP contribution in [0.5, 0.6) is 0 Å². The van der Waals surface area contributed by atoms with E-state index in [1.165, 1.54) is 23.0 Å². The zero-order valence-electron chi connectivity index (χ0n) is 14.5. The molecule has 27 heavy (non-hydrogen) atoms. The standard InChI is InChI=1S/C20H18F2N4O/c21-15-6-7-18(16(22)12-15)26-11-8-17(25-26)19(27)24-20(9-10-23-13-20)14-4-2-1-3-5-14/h1-8,11-12,23H,9-10,13H2,(H,24,27). The fourth-order valence-electron chi connectivity index (χ4n) is 3.40. The average Bonchev–Trinajstić information content (AvgIpc) is 3.33. The lowest BCUT2D eigenvalue weighted by Gasteiger charge is -2.30. The largest absolute Gasteiger partial charge is 0.340 e. The third-order valence-electron chi connectivity index (χ3n) is 4.81. The first-order valence-corrected chi connectivity index (χ1v) is 8.67. The van der Waals surface area contributed by atoms with Gasteiger partial charge in [-0.25, -0.2) is 13.5 Å². The van der Waals surface area contributed by atoms with Crippen LogP contribution in [0.1, 0.15) is 22.5 Å². The summed E-state index contributed by atoms with van der Waals surface area (Å²) in [6.07, 6.45) is 2.24. The van der Waals surface area contributed by atoms with E-state index >= 15 is 0 Å². The van der Waals surface area contributed by atoms with Gasteiger partial charge < -0.3 is 10.6 Å². The van der Waals surface area contributed by atoms with Crippen molar-refractivity contribution in [1.82, 2.24) is 20.4 Å². The number of halogens is 2. The number of aromatic nitrogens is 2. The second-order valence-electron chi connectivity index (χ2n) is 6.57. The molecule has 1 fully saturated rings. The summed E-state index contributed by atoms with van der Waals surface area (Å²) < 4.78 is 28.3. The number of hydrogen-bond acceptors (Lipinski definition) is 3. The highest BCUT2D eigenvalue weighted by Gasteiger charge is 2.37. The molecular weight excluding hydrogens is 350 g/mol. The van der Waals surface area contributed by atoms with Crippen LogP contribution in [0, 0.1) is 11.6 Å². The molecule has 0 bridgehead atoms. The van der Waals surface area contributed by atoms with Gasteiger partial charge in [0, 0.05) is 18.8 Å². The quantitative estimate of drug-likeness (QED) is 0.745. The van der Waals surface area contributed by atoms with Crippen molar-refractivity contribution >= 4 is 5.91 Å². The van der Waals surface area contributed by atoms with Gasteiger partial charge in [-0.2, -0.15) is 5.10 Å². The highest BCUT2D eigenvalue weighted by molar-refractivity contribution is 5.93. The number of nitrogens with one attached hydrogen (secondary N) is 2. The van der Waals surface area contributed by atoms with Crippen LogP contribution in [-0.2, 0) is 5.54 Å². The first-order valence-electron chi connectivity index (χ1n) is 8.67. The molecule has 0 aliphatic carbocycles. The lowest BCUT2D eigenvalue weighted by atomic mass is 9.89. The van der Waals surface area contributed by atoms with Crippen molar-refractivity contribution in [3.8, 4) is 5.69 Å². The van der Waals surface area contributed by atoms with E-state index in [0.29, 0.717) is 6.54 Å². The molecule has 1 aromatic heterocycles. The molecule has 2 aromatic carbocycles. The summed E-state index contributed by atoms with van der Waals surface area (Å²) in [6.45, 7) is 1.42. The van der Waals surface area contributed by atoms with Gasteiger partial charge in [0.15, 0.2) is 11.5 Å².